The molecule has 1 heterocycles. The molecule has 1 aromatic heterocycles. The molecular formula is C14H21NOS. The molecule has 1 fully saturated rings. The van der Waals surface area contributed by atoms with Crippen LogP contribution in [0.15, 0.2) is 16.8 Å². The number of hydrogen-bond donors (Lipinski definition) is 0. The van der Waals surface area contributed by atoms with Crippen molar-refractivity contribution in [1.29, 1.82) is 0 Å². The van der Waals surface area contributed by atoms with Crippen molar-refractivity contribution in [2.45, 2.75) is 51.0 Å². The molecule has 2 nitrogen and oxygen atoms in total. The van der Waals surface area contributed by atoms with Gasteiger partial charge in [0.2, 0.25) is 5.91 Å². The molecule has 1 aliphatic rings. The van der Waals surface area contributed by atoms with Gasteiger partial charge in [-0.25, -0.2) is 0 Å². The number of carbonyl (C=O) groups is 1. The second kappa shape index (κ2) is 6.20. The highest BCUT2D eigenvalue weighted by molar-refractivity contribution is 7.07. The molecule has 0 aromatic carbocycles. The number of carbonyl (C=O) groups excluding carboxylic acids is 1. The summed E-state index contributed by atoms with van der Waals surface area (Å²) < 4.78 is 0. The summed E-state index contributed by atoms with van der Waals surface area (Å²) in [4.78, 5) is 14.1. The van der Waals surface area contributed by atoms with Gasteiger partial charge in [-0.05, 0) is 41.7 Å². The van der Waals surface area contributed by atoms with Crippen molar-refractivity contribution in [3.05, 3.63) is 22.4 Å². The number of nitrogens with zero attached hydrogens (tertiary/aromatic N) is 1. The van der Waals surface area contributed by atoms with Crippen LogP contribution in [0.3, 0.4) is 0 Å². The van der Waals surface area contributed by atoms with Crippen LogP contribution in [0, 0.1) is 0 Å². The molecule has 0 atom stereocenters. The standard InChI is InChI=1S/C14H21NOS/c1-15(13-5-3-2-4-6-13)14(16)8-7-12-9-10-17-11-12/h9-11,13H,2-8H2,1H3. The molecule has 1 aromatic rings. The molecule has 17 heavy (non-hydrogen) atoms. The van der Waals surface area contributed by atoms with Crippen molar-refractivity contribution in [3.8, 4) is 0 Å². The van der Waals surface area contributed by atoms with Gasteiger partial charge in [0.25, 0.3) is 0 Å². The van der Waals surface area contributed by atoms with E-state index in [0.29, 0.717) is 18.4 Å². The van der Waals surface area contributed by atoms with Crippen LogP contribution in [0.25, 0.3) is 0 Å². The predicted octanol–water partition coefficient (Wildman–Crippen LogP) is 3.47. The van der Waals surface area contributed by atoms with Crippen LogP contribution in [-0.4, -0.2) is 23.9 Å². The van der Waals surface area contributed by atoms with Gasteiger partial charge in [0.15, 0.2) is 0 Å². The molecule has 2 rings (SSSR count). The van der Waals surface area contributed by atoms with Crippen molar-refractivity contribution in [2.24, 2.45) is 0 Å². The first-order chi connectivity index (χ1) is 8.27. The highest BCUT2D eigenvalue weighted by atomic mass is 32.1. The van der Waals surface area contributed by atoms with Crippen LogP contribution >= 0.6 is 11.3 Å². The molecule has 0 aliphatic heterocycles. The van der Waals surface area contributed by atoms with E-state index in [4.69, 9.17) is 0 Å². The Morgan fingerprint density at radius 3 is 2.82 bits per heavy atom. The van der Waals surface area contributed by atoms with Gasteiger partial charge in [0.05, 0.1) is 0 Å². The molecule has 0 bridgehead atoms. The third-order valence-electron chi connectivity index (χ3n) is 3.72. The van der Waals surface area contributed by atoms with Crippen LogP contribution in [-0.2, 0) is 11.2 Å². The summed E-state index contributed by atoms with van der Waals surface area (Å²) in [6, 6.07) is 2.61. The SMILES string of the molecule is CN(C(=O)CCc1ccsc1)C1CCCCC1. The number of amides is 1. The Labute approximate surface area is 108 Å². The van der Waals surface area contributed by atoms with Gasteiger partial charge in [-0.2, -0.15) is 11.3 Å². The zero-order valence-electron chi connectivity index (χ0n) is 10.5. The Hall–Kier alpha value is -0.830. The number of aryl methyl sites for hydroxylation is 1. The summed E-state index contributed by atoms with van der Waals surface area (Å²) in [5.41, 5.74) is 1.29. The Morgan fingerprint density at radius 1 is 1.41 bits per heavy atom. The molecule has 0 radical (unpaired) electrons. The lowest BCUT2D eigenvalue weighted by Crippen LogP contribution is -2.38. The average molecular weight is 251 g/mol. The van der Waals surface area contributed by atoms with E-state index in [1.165, 1.54) is 37.7 Å². The van der Waals surface area contributed by atoms with Crippen molar-refractivity contribution in [2.75, 3.05) is 7.05 Å². The predicted molar refractivity (Wildman–Crippen MR) is 72.3 cm³/mol. The average Bonchev–Trinajstić information content (AvgIpc) is 2.89. The minimum Gasteiger partial charge on any atom is -0.343 e. The maximum Gasteiger partial charge on any atom is 0.222 e. The zero-order valence-corrected chi connectivity index (χ0v) is 11.3. The highest BCUT2D eigenvalue weighted by Crippen LogP contribution is 2.22. The van der Waals surface area contributed by atoms with Gasteiger partial charge in [0, 0.05) is 19.5 Å². The fraction of sp³-hybridized carbons (Fsp3) is 0.643. The summed E-state index contributed by atoms with van der Waals surface area (Å²) in [7, 11) is 1.98. The smallest absolute Gasteiger partial charge is 0.222 e. The Balaban J connectivity index is 1.78. The summed E-state index contributed by atoms with van der Waals surface area (Å²) >= 11 is 1.70. The van der Waals surface area contributed by atoms with Crippen LogP contribution in [0.5, 0.6) is 0 Å². The van der Waals surface area contributed by atoms with Gasteiger partial charge >= 0.3 is 0 Å². The zero-order chi connectivity index (χ0) is 12.1. The van der Waals surface area contributed by atoms with E-state index in [1.807, 2.05) is 11.9 Å². The fourth-order valence-corrected chi connectivity index (χ4v) is 3.24. The lowest BCUT2D eigenvalue weighted by molar-refractivity contribution is -0.132. The van der Waals surface area contributed by atoms with E-state index >= 15 is 0 Å². The molecule has 1 saturated carbocycles. The number of hydrogen-bond acceptors (Lipinski definition) is 2. The highest BCUT2D eigenvalue weighted by Gasteiger charge is 2.21. The van der Waals surface area contributed by atoms with E-state index in [1.54, 1.807) is 11.3 Å². The van der Waals surface area contributed by atoms with E-state index in [9.17, 15) is 4.79 Å². The van der Waals surface area contributed by atoms with E-state index in [2.05, 4.69) is 16.8 Å². The molecule has 0 spiro atoms. The van der Waals surface area contributed by atoms with Gasteiger partial charge in [-0.1, -0.05) is 19.3 Å². The van der Waals surface area contributed by atoms with Crippen LogP contribution in [0.1, 0.15) is 44.1 Å². The molecule has 1 amide bonds. The van der Waals surface area contributed by atoms with Crippen LogP contribution < -0.4 is 0 Å². The van der Waals surface area contributed by atoms with Gasteiger partial charge < -0.3 is 4.90 Å². The summed E-state index contributed by atoms with van der Waals surface area (Å²) in [6.07, 6.45) is 7.84. The molecule has 0 unspecified atom stereocenters. The monoisotopic (exact) mass is 251 g/mol. The first-order valence-corrected chi connectivity index (χ1v) is 7.48. The Morgan fingerprint density at radius 2 is 2.18 bits per heavy atom. The third kappa shape index (κ3) is 3.56. The Kier molecular flexibility index (Phi) is 4.60. The maximum atomic E-state index is 12.1. The van der Waals surface area contributed by atoms with Gasteiger partial charge in [0.1, 0.15) is 0 Å². The van der Waals surface area contributed by atoms with Crippen LogP contribution in [0.4, 0.5) is 0 Å². The van der Waals surface area contributed by atoms with E-state index < -0.39 is 0 Å². The summed E-state index contributed by atoms with van der Waals surface area (Å²) in [6.45, 7) is 0. The van der Waals surface area contributed by atoms with Crippen molar-refractivity contribution < 1.29 is 4.79 Å². The van der Waals surface area contributed by atoms with E-state index in [-0.39, 0.29) is 0 Å². The lowest BCUT2D eigenvalue weighted by atomic mass is 9.94. The second-order valence-corrected chi connectivity index (χ2v) is 5.71. The minimum atomic E-state index is 0.308. The second-order valence-electron chi connectivity index (χ2n) is 4.93. The molecule has 0 saturated heterocycles. The van der Waals surface area contributed by atoms with E-state index in [0.717, 1.165) is 6.42 Å². The molecule has 0 N–H and O–H groups in total. The van der Waals surface area contributed by atoms with Gasteiger partial charge in [-0.15, -0.1) is 0 Å². The van der Waals surface area contributed by atoms with Crippen LogP contribution in [0.2, 0.25) is 0 Å². The molecular weight excluding hydrogens is 230 g/mol. The minimum absolute atomic E-state index is 0.308. The number of thiophene rings is 1. The normalized spacial score (nSPS) is 17.0. The lowest BCUT2D eigenvalue weighted by Gasteiger charge is -2.31. The molecule has 3 heteroatoms. The summed E-state index contributed by atoms with van der Waals surface area (Å²) in [5.74, 6) is 0.308. The van der Waals surface area contributed by atoms with Crippen molar-refractivity contribution in [3.63, 3.8) is 0 Å². The first-order valence-electron chi connectivity index (χ1n) is 6.54. The largest absolute Gasteiger partial charge is 0.343 e. The fourth-order valence-electron chi connectivity index (χ4n) is 2.53. The first kappa shape index (κ1) is 12.6. The van der Waals surface area contributed by atoms with Crippen molar-refractivity contribution >= 4 is 17.2 Å². The third-order valence-corrected chi connectivity index (χ3v) is 4.46. The topological polar surface area (TPSA) is 20.3 Å². The molecule has 1 aliphatic carbocycles. The number of rotatable bonds is 4. The van der Waals surface area contributed by atoms with Crippen molar-refractivity contribution in [1.82, 2.24) is 4.90 Å². The Bertz CT molecular complexity index is 341. The summed E-state index contributed by atoms with van der Waals surface area (Å²) in [5, 5.41) is 4.21. The van der Waals surface area contributed by atoms with Gasteiger partial charge in [-0.3, -0.25) is 4.79 Å². The quantitative estimate of drug-likeness (QED) is 0.802. The molecule has 94 valence electrons. The maximum absolute atomic E-state index is 12.1.